The fourth-order valence-electron chi connectivity index (χ4n) is 4.09. The number of nitrogens with one attached hydrogen (secondary N) is 1. The molecule has 0 spiro atoms. The minimum absolute atomic E-state index is 0.0170. The van der Waals surface area contributed by atoms with Gasteiger partial charge in [0.25, 0.3) is 0 Å². The van der Waals surface area contributed by atoms with E-state index in [9.17, 15) is 4.79 Å². The Morgan fingerprint density at radius 3 is 2.75 bits per heavy atom. The van der Waals surface area contributed by atoms with Crippen molar-refractivity contribution in [1.82, 2.24) is 29.6 Å². The van der Waals surface area contributed by atoms with Crippen LogP contribution < -0.4 is 5.32 Å². The van der Waals surface area contributed by atoms with E-state index in [0.29, 0.717) is 18.9 Å². The van der Waals surface area contributed by atoms with E-state index in [0.717, 1.165) is 46.3 Å². The van der Waals surface area contributed by atoms with Gasteiger partial charge in [0.15, 0.2) is 0 Å². The van der Waals surface area contributed by atoms with Gasteiger partial charge >= 0.3 is 0 Å². The Labute approximate surface area is 188 Å². The topological polar surface area (TPSA) is 88.8 Å². The first-order valence-corrected chi connectivity index (χ1v) is 10.8. The van der Waals surface area contributed by atoms with Gasteiger partial charge in [-0.3, -0.25) is 9.48 Å². The van der Waals surface area contributed by atoms with Gasteiger partial charge in [0.2, 0.25) is 5.91 Å². The minimum atomic E-state index is 0.0170. The van der Waals surface area contributed by atoms with Crippen molar-refractivity contribution in [2.45, 2.75) is 40.0 Å². The highest BCUT2D eigenvalue weighted by Crippen LogP contribution is 2.28. The van der Waals surface area contributed by atoms with Crippen molar-refractivity contribution in [3.8, 4) is 0 Å². The van der Waals surface area contributed by atoms with Crippen LogP contribution in [0.15, 0.2) is 30.5 Å². The van der Waals surface area contributed by atoms with Crippen LogP contribution in [0.1, 0.15) is 46.4 Å². The smallest absolute Gasteiger partial charge is 0.246 e. The number of hydrogen-bond acceptors (Lipinski definition) is 6. The highest BCUT2D eigenvalue weighted by Gasteiger charge is 2.28. The van der Waals surface area contributed by atoms with Crippen molar-refractivity contribution >= 4 is 23.6 Å². The van der Waals surface area contributed by atoms with Crippen molar-refractivity contribution in [2.24, 2.45) is 7.05 Å². The summed E-state index contributed by atoms with van der Waals surface area (Å²) in [5, 5.41) is 7.71. The van der Waals surface area contributed by atoms with Crippen LogP contribution >= 0.6 is 0 Å². The normalized spacial score (nSPS) is 16.2. The number of nitrogens with zero attached hydrogens (tertiary/aromatic N) is 6. The molecule has 32 heavy (non-hydrogen) atoms. The molecule has 8 nitrogen and oxygen atoms in total. The summed E-state index contributed by atoms with van der Waals surface area (Å²) in [6.45, 7) is 9.21. The van der Waals surface area contributed by atoms with Gasteiger partial charge in [-0.25, -0.2) is 15.0 Å². The SMILES string of the molecule is Cc1nc(Nc2ncccc2C)cc(C2CCN(C(=O)C=Cc3c(C)nn(C)c3C)C2)n1. The van der Waals surface area contributed by atoms with Gasteiger partial charge in [-0.2, -0.15) is 5.10 Å². The Kier molecular flexibility index (Phi) is 6.03. The molecule has 4 rings (SSSR count). The molecular weight excluding hydrogens is 402 g/mol. The van der Waals surface area contributed by atoms with Gasteiger partial charge in [-0.15, -0.1) is 0 Å². The van der Waals surface area contributed by atoms with Crippen LogP contribution in [0, 0.1) is 27.7 Å². The van der Waals surface area contributed by atoms with Gasteiger partial charge in [0.1, 0.15) is 17.5 Å². The molecule has 1 unspecified atom stereocenters. The molecule has 0 bridgehead atoms. The molecule has 1 fully saturated rings. The van der Waals surface area contributed by atoms with Crippen LogP contribution in [0.2, 0.25) is 0 Å². The molecule has 4 heterocycles. The van der Waals surface area contributed by atoms with E-state index in [-0.39, 0.29) is 11.8 Å². The lowest BCUT2D eigenvalue weighted by Gasteiger charge is -2.15. The van der Waals surface area contributed by atoms with Gasteiger partial charge in [-0.1, -0.05) is 6.07 Å². The van der Waals surface area contributed by atoms with E-state index in [1.807, 2.05) is 68.6 Å². The maximum atomic E-state index is 12.8. The fourth-order valence-corrected chi connectivity index (χ4v) is 4.09. The maximum absolute atomic E-state index is 12.8. The number of aromatic nitrogens is 5. The molecule has 1 saturated heterocycles. The van der Waals surface area contributed by atoms with E-state index in [4.69, 9.17) is 0 Å². The van der Waals surface area contributed by atoms with Crippen molar-refractivity contribution in [3.63, 3.8) is 0 Å². The van der Waals surface area contributed by atoms with Crippen LogP contribution in [-0.2, 0) is 11.8 Å². The summed E-state index contributed by atoms with van der Waals surface area (Å²) in [4.78, 5) is 28.2. The second-order valence-corrected chi connectivity index (χ2v) is 8.33. The van der Waals surface area contributed by atoms with Gasteiger partial charge in [0.05, 0.1) is 11.4 Å². The Balaban J connectivity index is 1.46. The van der Waals surface area contributed by atoms with E-state index >= 15 is 0 Å². The number of amides is 1. The van der Waals surface area contributed by atoms with Crippen LogP contribution in [0.4, 0.5) is 11.6 Å². The highest BCUT2D eigenvalue weighted by atomic mass is 16.2. The molecule has 1 aliphatic heterocycles. The zero-order valence-corrected chi connectivity index (χ0v) is 19.3. The molecule has 1 aliphatic rings. The molecule has 0 saturated carbocycles. The number of aryl methyl sites for hydroxylation is 4. The van der Waals surface area contributed by atoms with Crippen molar-refractivity contribution in [1.29, 1.82) is 0 Å². The molecule has 3 aromatic rings. The molecule has 1 atom stereocenters. The molecule has 166 valence electrons. The van der Waals surface area contributed by atoms with Crippen molar-refractivity contribution in [2.75, 3.05) is 18.4 Å². The first kappa shape index (κ1) is 21.7. The summed E-state index contributed by atoms with van der Waals surface area (Å²) in [5.41, 5.74) is 4.97. The average molecular weight is 432 g/mol. The second kappa shape index (κ2) is 8.90. The first-order valence-electron chi connectivity index (χ1n) is 10.8. The van der Waals surface area contributed by atoms with E-state index in [2.05, 4.69) is 25.4 Å². The predicted molar refractivity (Wildman–Crippen MR) is 125 cm³/mol. The standard InChI is InChI=1S/C24H29N7O/c1-15-7-6-11-25-24(15)28-22-13-21(26-18(4)27-22)19-10-12-31(14-19)23(32)9-8-20-16(2)29-30(5)17(20)3/h6-9,11,13,19H,10,12,14H2,1-5H3,(H,25,26,27,28). The monoisotopic (exact) mass is 431 g/mol. The summed E-state index contributed by atoms with van der Waals surface area (Å²) in [6.07, 6.45) is 6.16. The third kappa shape index (κ3) is 4.54. The number of rotatable bonds is 5. The molecule has 0 radical (unpaired) electrons. The van der Waals surface area contributed by atoms with Gasteiger partial charge in [0, 0.05) is 55.7 Å². The van der Waals surface area contributed by atoms with Crippen molar-refractivity contribution in [3.05, 3.63) is 64.5 Å². The third-order valence-corrected chi connectivity index (χ3v) is 5.99. The number of carbonyl (C=O) groups excluding carboxylic acids is 1. The Morgan fingerprint density at radius 2 is 2.03 bits per heavy atom. The number of pyridine rings is 1. The number of likely N-dealkylation sites (tertiary alicyclic amines) is 1. The summed E-state index contributed by atoms with van der Waals surface area (Å²) < 4.78 is 1.83. The largest absolute Gasteiger partial charge is 0.338 e. The lowest BCUT2D eigenvalue weighted by molar-refractivity contribution is -0.124. The third-order valence-electron chi connectivity index (χ3n) is 5.99. The summed E-state index contributed by atoms with van der Waals surface area (Å²) in [5.74, 6) is 2.41. The quantitative estimate of drug-likeness (QED) is 0.621. The number of carbonyl (C=O) groups is 1. The molecule has 1 amide bonds. The van der Waals surface area contributed by atoms with Gasteiger partial charge < -0.3 is 10.2 Å². The molecular formula is C24H29N7O. The Bertz CT molecular complexity index is 1180. The Hall–Kier alpha value is -3.55. The van der Waals surface area contributed by atoms with Crippen LogP contribution in [0.3, 0.4) is 0 Å². The lowest BCUT2D eigenvalue weighted by Crippen LogP contribution is -2.26. The predicted octanol–water partition coefficient (Wildman–Crippen LogP) is 3.61. The molecule has 1 N–H and O–H groups in total. The second-order valence-electron chi connectivity index (χ2n) is 8.33. The van der Waals surface area contributed by atoms with E-state index in [1.165, 1.54) is 0 Å². The number of anilines is 2. The number of hydrogen-bond donors (Lipinski definition) is 1. The molecule has 3 aromatic heterocycles. The van der Waals surface area contributed by atoms with Gasteiger partial charge in [-0.05, 0) is 51.8 Å². The Morgan fingerprint density at radius 1 is 1.22 bits per heavy atom. The minimum Gasteiger partial charge on any atom is -0.338 e. The summed E-state index contributed by atoms with van der Waals surface area (Å²) in [6, 6.07) is 5.89. The average Bonchev–Trinajstić information content (AvgIpc) is 3.33. The van der Waals surface area contributed by atoms with Crippen LogP contribution in [-0.4, -0.2) is 48.6 Å². The van der Waals surface area contributed by atoms with E-state index < -0.39 is 0 Å². The highest BCUT2D eigenvalue weighted by molar-refractivity contribution is 5.92. The fraction of sp³-hybridized carbons (Fsp3) is 0.375. The maximum Gasteiger partial charge on any atom is 0.246 e. The zero-order valence-electron chi connectivity index (χ0n) is 19.3. The summed E-state index contributed by atoms with van der Waals surface area (Å²) in [7, 11) is 1.91. The van der Waals surface area contributed by atoms with Crippen LogP contribution in [0.25, 0.3) is 6.08 Å². The first-order chi connectivity index (χ1) is 15.3. The molecule has 0 aromatic carbocycles. The lowest BCUT2D eigenvalue weighted by atomic mass is 10.0. The van der Waals surface area contributed by atoms with E-state index in [1.54, 1.807) is 12.3 Å². The molecule has 0 aliphatic carbocycles. The van der Waals surface area contributed by atoms with Crippen molar-refractivity contribution < 1.29 is 4.79 Å². The zero-order chi connectivity index (χ0) is 22.8. The van der Waals surface area contributed by atoms with Crippen LogP contribution in [0.5, 0.6) is 0 Å². The summed E-state index contributed by atoms with van der Waals surface area (Å²) >= 11 is 0. The molecule has 8 heteroatoms.